The Morgan fingerprint density at radius 2 is 1.92 bits per heavy atom. The Kier molecular flexibility index (Phi) is 5.98. The molecule has 0 aliphatic rings. The van der Waals surface area contributed by atoms with Crippen molar-refractivity contribution in [1.29, 1.82) is 0 Å². The fourth-order valence-electron chi connectivity index (χ4n) is 2.25. The smallest absolute Gasteiger partial charge is 0.330 e. The Morgan fingerprint density at radius 1 is 1.20 bits per heavy atom. The van der Waals surface area contributed by atoms with Crippen LogP contribution in [0.4, 0.5) is 11.4 Å². The van der Waals surface area contributed by atoms with E-state index in [-0.39, 0.29) is 5.91 Å². The van der Waals surface area contributed by atoms with Gasteiger partial charge in [-0.2, -0.15) is 0 Å². The van der Waals surface area contributed by atoms with Crippen LogP contribution in [0.5, 0.6) is 0 Å². The maximum atomic E-state index is 12.4. The number of hydrogen-bond acceptors (Lipinski definition) is 6. The van der Waals surface area contributed by atoms with Crippen LogP contribution < -0.4 is 10.8 Å². The van der Waals surface area contributed by atoms with Crippen molar-refractivity contribution in [2.45, 2.75) is 6.92 Å². The van der Waals surface area contributed by atoms with Crippen molar-refractivity contribution >= 4 is 29.3 Å². The average molecular weight is 348 g/mol. The van der Waals surface area contributed by atoms with Gasteiger partial charge in [0, 0.05) is 38.3 Å². The molecule has 2 aromatic rings. The van der Waals surface area contributed by atoms with Crippen LogP contribution in [-0.2, 0) is 28.6 Å². The zero-order valence-corrected chi connectivity index (χ0v) is 14.1. The summed E-state index contributed by atoms with van der Waals surface area (Å²) in [5.74, 6) is -0.760. The van der Waals surface area contributed by atoms with E-state index in [0.717, 1.165) is 5.69 Å². The van der Waals surface area contributed by atoms with Crippen LogP contribution in [0.15, 0.2) is 30.6 Å². The third-order valence-electron chi connectivity index (χ3n) is 3.38. The van der Waals surface area contributed by atoms with E-state index in [4.69, 9.17) is 9.99 Å². The van der Waals surface area contributed by atoms with Gasteiger partial charge in [0.1, 0.15) is 5.69 Å². The number of nitrogens with one attached hydrogen (secondary N) is 2. The summed E-state index contributed by atoms with van der Waals surface area (Å²) in [6, 6.07) is 3.25. The molecule has 2 rings (SSSR count). The van der Waals surface area contributed by atoms with Gasteiger partial charge in [-0.1, -0.05) is 0 Å². The summed E-state index contributed by atoms with van der Waals surface area (Å²) in [4.78, 5) is 27.6. The van der Waals surface area contributed by atoms with Gasteiger partial charge in [0.15, 0.2) is 0 Å². The molecule has 0 spiro atoms. The van der Waals surface area contributed by atoms with Gasteiger partial charge in [0.2, 0.25) is 0 Å². The summed E-state index contributed by atoms with van der Waals surface area (Å²) in [7, 11) is 3.49. The van der Waals surface area contributed by atoms with E-state index in [1.54, 1.807) is 54.7 Å². The minimum atomic E-state index is -0.427. The molecule has 0 radical (unpaired) electrons. The Morgan fingerprint density at radius 3 is 2.60 bits per heavy atom. The molecule has 0 aliphatic heterocycles. The molecule has 0 saturated heterocycles. The normalized spacial score (nSPS) is 10.9. The van der Waals surface area contributed by atoms with Crippen molar-refractivity contribution in [3.05, 3.63) is 42.0 Å². The highest BCUT2D eigenvalue weighted by atomic mass is 17.2. The zero-order valence-electron chi connectivity index (χ0n) is 14.1. The van der Waals surface area contributed by atoms with Crippen molar-refractivity contribution < 1.29 is 24.6 Å². The Hall–Kier alpha value is -3.04. The Labute approximate surface area is 144 Å². The first-order valence-electron chi connectivity index (χ1n) is 7.50. The van der Waals surface area contributed by atoms with E-state index in [2.05, 4.69) is 15.8 Å². The maximum absolute atomic E-state index is 12.4. The highest BCUT2D eigenvalue weighted by Crippen LogP contribution is 2.18. The lowest BCUT2D eigenvalue weighted by Crippen LogP contribution is -2.14. The minimum absolute atomic E-state index is 0.312. The van der Waals surface area contributed by atoms with Crippen molar-refractivity contribution in [1.82, 2.24) is 9.13 Å². The zero-order chi connectivity index (χ0) is 18.4. The third kappa shape index (κ3) is 4.72. The van der Waals surface area contributed by atoms with Gasteiger partial charge in [-0.05, 0) is 25.1 Å². The van der Waals surface area contributed by atoms with Gasteiger partial charge in [-0.3, -0.25) is 4.79 Å². The molecule has 9 heteroatoms. The van der Waals surface area contributed by atoms with E-state index in [9.17, 15) is 9.59 Å². The van der Waals surface area contributed by atoms with E-state index < -0.39 is 5.97 Å². The quantitative estimate of drug-likeness (QED) is 0.306. The molecule has 0 bridgehead atoms. The number of aryl methyl sites for hydroxylation is 2. The second kappa shape index (κ2) is 8.18. The Bertz CT molecular complexity index is 791. The summed E-state index contributed by atoms with van der Waals surface area (Å²) >= 11 is 0. The van der Waals surface area contributed by atoms with Crippen molar-refractivity contribution in [2.24, 2.45) is 14.1 Å². The predicted octanol–water partition coefficient (Wildman–Crippen LogP) is 2.01. The first-order valence-corrected chi connectivity index (χ1v) is 7.50. The van der Waals surface area contributed by atoms with E-state index in [0.29, 0.717) is 23.7 Å². The predicted molar refractivity (Wildman–Crippen MR) is 91.8 cm³/mol. The molecule has 0 aromatic carbocycles. The fourth-order valence-corrected chi connectivity index (χ4v) is 2.25. The molecule has 0 unspecified atom stereocenters. The summed E-state index contributed by atoms with van der Waals surface area (Å²) in [6.45, 7) is 2.05. The molecular weight excluding hydrogens is 328 g/mol. The van der Waals surface area contributed by atoms with Crippen LogP contribution in [-0.4, -0.2) is 32.9 Å². The third-order valence-corrected chi connectivity index (χ3v) is 3.38. The molecule has 0 atom stereocenters. The molecule has 2 aromatic heterocycles. The van der Waals surface area contributed by atoms with Crippen molar-refractivity contribution in [3.8, 4) is 0 Å². The summed E-state index contributed by atoms with van der Waals surface area (Å²) in [6.07, 6.45) is 6.25. The second-order valence-electron chi connectivity index (χ2n) is 5.22. The molecule has 9 nitrogen and oxygen atoms in total. The summed E-state index contributed by atoms with van der Waals surface area (Å²) in [5, 5.41) is 11.2. The van der Waals surface area contributed by atoms with Gasteiger partial charge < -0.3 is 19.2 Å². The topological polar surface area (TPSA) is 107 Å². The van der Waals surface area contributed by atoms with Gasteiger partial charge in [-0.15, -0.1) is 4.99 Å². The van der Waals surface area contributed by atoms with Gasteiger partial charge in [0.05, 0.1) is 18.0 Å². The minimum Gasteiger partial charge on any atom is -0.463 e. The Balaban J connectivity index is 2.09. The number of nitrogens with zero attached hydrogens (tertiary/aromatic N) is 2. The molecule has 0 aliphatic carbocycles. The maximum Gasteiger partial charge on any atom is 0.330 e. The SMILES string of the molecule is CCOC(=O)/C=C/c1cc(NC(=O)c2cc(NOO)cn2C)cn1C. The molecule has 2 heterocycles. The van der Waals surface area contributed by atoms with Crippen LogP contribution in [0.1, 0.15) is 23.1 Å². The highest BCUT2D eigenvalue weighted by molar-refractivity contribution is 6.04. The standard InChI is InChI=1S/C16H20N4O5/c1-4-24-15(21)6-5-13-7-11(9-19(13)2)17-16(22)14-8-12(18-25-23)10-20(14)3/h5-10,18,23H,4H2,1-3H3,(H,17,22)/b6-5+. The number of amides is 1. The van der Waals surface area contributed by atoms with Crippen LogP contribution in [0, 0.1) is 0 Å². The first-order chi connectivity index (χ1) is 11.9. The molecule has 25 heavy (non-hydrogen) atoms. The lowest BCUT2D eigenvalue weighted by atomic mass is 10.3. The van der Waals surface area contributed by atoms with Gasteiger partial charge >= 0.3 is 5.97 Å². The lowest BCUT2D eigenvalue weighted by molar-refractivity contribution is -0.215. The largest absolute Gasteiger partial charge is 0.463 e. The molecular formula is C16H20N4O5. The lowest BCUT2D eigenvalue weighted by Gasteiger charge is -2.03. The van der Waals surface area contributed by atoms with Gasteiger partial charge in [-0.25, -0.2) is 15.5 Å². The number of carbonyl (C=O) groups is 2. The highest BCUT2D eigenvalue weighted by Gasteiger charge is 2.13. The number of hydrogen-bond donors (Lipinski definition) is 3. The monoisotopic (exact) mass is 348 g/mol. The molecule has 3 N–H and O–H groups in total. The number of ether oxygens (including phenoxy) is 1. The van der Waals surface area contributed by atoms with Crippen molar-refractivity contribution in [3.63, 3.8) is 0 Å². The number of rotatable bonds is 7. The van der Waals surface area contributed by atoms with E-state index in [1.165, 1.54) is 12.1 Å². The van der Waals surface area contributed by atoms with Crippen molar-refractivity contribution in [2.75, 3.05) is 17.4 Å². The fraction of sp³-hybridized carbons (Fsp3) is 0.250. The number of anilines is 2. The molecule has 0 saturated carbocycles. The van der Waals surface area contributed by atoms with Crippen LogP contribution >= 0.6 is 0 Å². The summed E-state index contributed by atoms with van der Waals surface area (Å²) in [5.41, 5.74) is 4.34. The number of esters is 1. The number of carbonyl (C=O) groups excluding carboxylic acids is 2. The van der Waals surface area contributed by atoms with Crippen LogP contribution in [0.3, 0.4) is 0 Å². The second-order valence-corrected chi connectivity index (χ2v) is 5.22. The van der Waals surface area contributed by atoms with Crippen LogP contribution in [0.25, 0.3) is 6.08 Å². The van der Waals surface area contributed by atoms with E-state index in [1.807, 2.05) is 0 Å². The number of aromatic nitrogens is 2. The average Bonchev–Trinajstić information content (AvgIpc) is 3.08. The van der Waals surface area contributed by atoms with Crippen LogP contribution in [0.2, 0.25) is 0 Å². The van der Waals surface area contributed by atoms with Gasteiger partial charge in [0.25, 0.3) is 5.91 Å². The summed E-state index contributed by atoms with van der Waals surface area (Å²) < 4.78 is 8.18. The molecule has 134 valence electrons. The molecule has 1 amide bonds. The first kappa shape index (κ1) is 18.3. The van der Waals surface area contributed by atoms with E-state index >= 15 is 0 Å². The molecule has 0 fully saturated rings.